The summed E-state index contributed by atoms with van der Waals surface area (Å²) in [6.45, 7) is 2.08. The second kappa shape index (κ2) is 4.95. The third-order valence-corrected chi connectivity index (χ3v) is 3.51. The molecule has 0 heterocycles. The first-order chi connectivity index (χ1) is 8.61. The smallest absolute Gasteiger partial charge is 0.143 e. The van der Waals surface area contributed by atoms with Gasteiger partial charge in [0.25, 0.3) is 0 Å². The van der Waals surface area contributed by atoms with Gasteiger partial charge in [-0.3, -0.25) is 5.32 Å². The molecule has 1 atom stereocenters. The molecular formula is C14H17FN2O. The van der Waals surface area contributed by atoms with Crippen LogP contribution in [0.15, 0.2) is 18.2 Å². The first-order valence-corrected chi connectivity index (χ1v) is 6.10. The Bertz CT molecular complexity index is 479. The minimum Gasteiger partial charge on any atom is -0.490 e. The molecule has 2 rings (SSSR count). The van der Waals surface area contributed by atoms with Gasteiger partial charge in [0, 0.05) is 0 Å². The Kier molecular flexibility index (Phi) is 3.53. The fraction of sp³-hybridized carbons (Fsp3) is 0.500. The van der Waals surface area contributed by atoms with Crippen LogP contribution < -0.4 is 10.1 Å². The maximum absolute atomic E-state index is 13.0. The molecule has 3 nitrogen and oxygen atoms in total. The highest BCUT2D eigenvalue weighted by Crippen LogP contribution is 2.39. The van der Waals surface area contributed by atoms with Crippen molar-refractivity contribution in [1.82, 2.24) is 5.32 Å². The maximum Gasteiger partial charge on any atom is 0.143 e. The molecule has 96 valence electrons. The number of hydrogen-bond acceptors (Lipinski definition) is 3. The van der Waals surface area contributed by atoms with E-state index in [1.165, 1.54) is 12.1 Å². The lowest BCUT2D eigenvalue weighted by atomic mass is 9.96. The summed E-state index contributed by atoms with van der Waals surface area (Å²) >= 11 is 0. The molecule has 1 fully saturated rings. The van der Waals surface area contributed by atoms with E-state index in [9.17, 15) is 9.65 Å². The van der Waals surface area contributed by atoms with Gasteiger partial charge in [0.2, 0.25) is 0 Å². The van der Waals surface area contributed by atoms with Crippen LogP contribution in [-0.4, -0.2) is 19.2 Å². The van der Waals surface area contributed by atoms with Crippen LogP contribution in [0.2, 0.25) is 0 Å². The molecule has 1 N–H and O–H groups in total. The monoisotopic (exact) mass is 248 g/mol. The summed E-state index contributed by atoms with van der Waals surface area (Å²) < 4.78 is 18.7. The van der Waals surface area contributed by atoms with E-state index in [1.54, 1.807) is 20.0 Å². The normalized spacial score (nSPS) is 17.9. The standard InChI is InChI=1S/C14H17FN2O/c1-10-7-12(15)5-6-13(10)18-9-14(8-16,17-2)11-3-4-11/h5-7,11,17H,3-4,9H2,1-2H3. The predicted octanol–water partition coefficient (Wildman–Crippen LogP) is 2.40. The fourth-order valence-electron chi connectivity index (χ4n) is 2.12. The van der Waals surface area contributed by atoms with Crippen LogP contribution in [0.5, 0.6) is 5.75 Å². The molecule has 1 aromatic carbocycles. The third kappa shape index (κ3) is 2.46. The van der Waals surface area contributed by atoms with E-state index in [0.29, 0.717) is 11.7 Å². The highest BCUT2D eigenvalue weighted by molar-refractivity contribution is 5.33. The van der Waals surface area contributed by atoms with E-state index < -0.39 is 5.54 Å². The summed E-state index contributed by atoms with van der Waals surface area (Å²) in [7, 11) is 1.78. The third-order valence-electron chi connectivity index (χ3n) is 3.51. The molecule has 18 heavy (non-hydrogen) atoms. The average Bonchev–Trinajstić information content (AvgIpc) is 3.18. The number of benzene rings is 1. The second-order valence-electron chi connectivity index (χ2n) is 4.81. The maximum atomic E-state index is 13.0. The van der Waals surface area contributed by atoms with E-state index in [4.69, 9.17) is 4.74 Å². The van der Waals surface area contributed by atoms with Crippen LogP contribution in [0.1, 0.15) is 18.4 Å². The number of halogens is 1. The molecule has 4 heteroatoms. The van der Waals surface area contributed by atoms with Crippen LogP contribution in [0.4, 0.5) is 4.39 Å². The number of nitrogens with zero attached hydrogens (tertiary/aromatic N) is 1. The van der Waals surface area contributed by atoms with Crippen molar-refractivity contribution in [2.45, 2.75) is 25.3 Å². The van der Waals surface area contributed by atoms with Crippen molar-refractivity contribution in [3.63, 3.8) is 0 Å². The van der Waals surface area contributed by atoms with Crippen molar-refractivity contribution in [3.05, 3.63) is 29.6 Å². The summed E-state index contributed by atoms with van der Waals surface area (Å²) in [6, 6.07) is 6.72. The molecule has 0 amide bonds. The molecule has 0 spiro atoms. The van der Waals surface area contributed by atoms with Gasteiger partial charge in [0.05, 0.1) is 6.07 Å². The van der Waals surface area contributed by atoms with Crippen LogP contribution in [-0.2, 0) is 0 Å². The van der Waals surface area contributed by atoms with Gasteiger partial charge in [-0.25, -0.2) is 4.39 Å². The number of likely N-dealkylation sites (N-methyl/N-ethyl adjacent to an activating group) is 1. The Labute approximate surface area is 107 Å². The number of hydrogen-bond donors (Lipinski definition) is 1. The molecule has 0 radical (unpaired) electrons. The van der Waals surface area contributed by atoms with Crippen LogP contribution >= 0.6 is 0 Å². The molecule has 0 aliphatic heterocycles. The van der Waals surface area contributed by atoms with Gasteiger partial charge in [-0.15, -0.1) is 0 Å². The topological polar surface area (TPSA) is 45.0 Å². The number of aryl methyl sites for hydroxylation is 1. The minimum absolute atomic E-state index is 0.276. The van der Waals surface area contributed by atoms with Crippen molar-refractivity contribution in [2.24, 2.45) is 5.92 Å². The zero-order valence-electron chi connectivity index (χ0n) is 10.7. The van der Waals surface area contributed by atoms with Gasteiger partial charge in [0.1, 0.15) is 23.7 Å². The van der Waals surface area contributed by atoms with Gasteiger partial charge in [0.15, 0.2) is 0 Å². The minimum atomic E-state index is -0.624. The summed E-state index contributed by atoms with van der Waals surface area (Å²) in [5.41, 5.74) is 0.120. The van der Waals surface area contributed by atoms with Gasteiger partial charge in [-0.05, 0) is 56.5 Å². The van der Waals surface area contributed by atoms with Gasteiger partial charge >= 0.3 is 0 Å². The Balaban J connectivity index is 2.08. The summed E-state index contributed by atoms with van der Waals surface area (Å²) in [6.07, 6.45) is 2.11. The van der Waals surface area contributed by atoms with E-state index in [0.717, 1.165) is 18.4 Å². The molecule has 0 bridgehead atoms. The zero-order chi connectivity index (χ0) is 13.2. The van der Waals surface area contributed by atoms with Gasteiger partial charge in [-0.1, -0.05) is 0 Å². The van der Waals surface area contributed by atoms with Crippen LogP contribution in [0.25, 0.3) is 0 Å². The second-order valence-corrected chi connectivity index (χ2v) is 4.81. The van der Waals surface area contributed by atoms with Crippen molar-refractivity contribution < 1.29 is 9.13 Å². The lowest BCUT2D eigenvalue weighted by Gasteiger charge is -2.26. The molecular weight excluding hydrogens is 231 g/mol. The van der Waals surface area contributed by atoms with E-state index in [-0.39, 0.29) is 12.4 Å². The molecule has 0 aromatic heterocycles. The van der Waals surface area contributed by atoms with E-state index in [2.05, 4.69) is 11.4 Å². The Morgan fingerprint density at radius 3 is 2.78 bits per heavy atom. The first kappa shape index (κ1) is 12.8. The quantitative estimate of drug-likeness (QED) is 0.870. The van der Waals surface area contributed by atoms with Crippen LogP contribution in [0, 0.1) is 30.0 Å². The Morgan fingerprint density at radius 1 is 1.56 bits per heavy atom. The summed E-state index contributed by atoms with van der Waals surface area (Å²) in [5.74, 6) is 0.711. The lowest BCUT2D eigenvalue weighted by Crippen LogP contribution is -2.49. The van der Waals surface area contributed by atoms with Gasteiger partial charge < -0.3 is 4.74 Å². The number of rotatable bonds is 5. The van der Waals surface area contributed by atoms with Crippen molar-refractivity contribution in [3.8, 4) is 11.8 Å². The molecule has 1 saturated carbocycles. The van der Waals surface area contributed by atoms with Crippen molar-refractivity contribution in [1.29, 1.82) is 5.26 Å². The highest BCUT2D eigenvalue weighted by Gasteiger charge is 2.45. The Hall–Kier alpha value is -1.60. The average molecular weight is 248 g/mol. The fourth-order valence-corrected chi connectivity index (χ4v) is 2.12. The van der Waals surface area contributed by atoms with Crippen LogP contribution in [0.3, 0.4) is 0 Å². The molecule has 1 aromatic rings. The SMILES string of the molecule is CNC(C#N)(COc1ccc(F)cc1C)C1CC1. The number of ether oxygens (including phenoxy) is 1. The highest BCUT2D eigenvalue weighted by atomic mass is 19.1. The largest absolute Gasteiger partial charge is 0.490 e. The number of nitriles is 1. The summed E-state index contributed by atoms with van der Waals surface area (Å²) in [5, 5.41) is 12.4. The summed E-state index contributed by atoms with van der Waals surface area (Å²) in [4.78, 5) is 0. The molecule has 1 aliphatic rings. The lowest BCUT2D eigenvalue weighted by molar-refractivity contribution is 0.209. The first-order valence-electron chi connectivity index (χ1n) is 6.10. The molecule has 0 saturated heterocycles. The van der Waals surface area contributed by atoms with Crippen molar-refractivity contribution >= 4 is 0 Å². The zero-order valence-corrected chi connectivity index (χ0v) is 10.7. The predicted molar refractivity (Wildman–Crippen MR) is 66.8 cm³/mol. The number of nitrogens with one attached hydrogen (secondary N) is 1. The van der Waals surface area contributed by atoms with E-state index in [1.807, 2.05) is 0 Å². The molecule has 1 unspecified atom stereocenters. The van der Waals surface area contributed by atoms with Gasteiger partial charge in [-0.2, -0.15) is 5.26 Å². The Morgan fingerprint density at radius 2 is 2.28 bits per heavy atom. The molecule has 1 aliphatic carbocycles. The van der Waals surface area contributed by atoms with E-state index >= 15 is 0 Å². The van der Waals surface area contributed by atoms with Crippen molar-refractivity contribution in [2.75, 3.05) is 13.7 Å².